The first kappa shape index (κ1) is 9.48. The predicted octanol–water partition coefficient (Wildman–Crippen LogP) is 3.06. The average molecular weight is 294 g/mol. The summed E-state index contributed by atoms with van der Waals surface area (Å²) in [5.74, 6) is 0. The summed E-state index contributed by atoms with van der Waals surface area (Å²) in [5.41, 5.74) is 1.36. The van der Waals surface area contributed by atoms with E-state index in [-0.39, 0.29) is 0 Å². The van der Waals surface area contributed by atoms with E-state index >= 15 is 0 Å². The van der Waals surface area contributed by atoms with Gasteiger partial charge in [0.1, 0.15) is 0 Å². The van der Waals surface area contributed by atoms with E-state index in [4.69, 9.17) is 0 Å². The Kier molecular flexibility index (Phi) is 2.94. The topological polar surface area (TPSA) is 0 Å². The fourth-order valence-electron chi connectivity index (χ4n) is 1.07. The summed E-state index contributed by atoms with van der Waals surface area (Å²) >= 11 is 7.39. The second-order valence-corrected chi connectivity index (χ2v) is 17.7. The lowest BCUT2D eigenvalue weighted by molar-refractivity contribution is 1.51. The number of benzene rings is 1. The Morgan fingerprint density at radius 1 is 1.18 bits per heavy atom. The van der Waals surface area contributed by atoms with E-state index < -0.39 is 5.31 Å². The molecule has 0 bridgehead atoms. The van der Waals surface area contributed by atoms with Crippen molar-refractivity contribution in [1.29, 1.82) is 0 Å². The van der Waals surface area contributed by atoms with Crippen LogP contribution in [0.2, 0.25) is 6.55 Å². The van der Waals surface area contributed by atoms with Crippen LogP contribution in [-0.2, 0) is 0 Å². The largest absolute Gasteiger partial charge is 0.227 e. The van der Waals surface area contributed by atoms with E-state index in [1.165, 1.54) is 10.8 Å². The molecule has 0 aliphatic rings. The van der Waals surface area contributed by atoms with Crippen LogP contribution in [0.3, 0.4) is 0 Å². The van der Waals surface area contributed by atoms with Gasteiger partial charge in [0.2, 0.25) is 5.31 Å². The number of rotatable bonds is 1. The number of halogens is 2. The highest BCUT2D eigenvalue weighted by molar-refractivity contribution is 9.51. The molecular weight excluding hydrogens is 284 g/mol. The second kappa shape index (κ2) is 3.41. The zero-order valence-corrected chi connectivity index (χ0v) is 10.7. The van der Waals surface area contributed by atoms with Crippen molar-refractivity contribution in [1.82, 2.24) is 0 Å². The van der Waals surface area contributed by atoms with Crippen molar-refractivity contribution in [2.45, 2.75) is 13.5 Å². The van der Waals surface area contributed by atoms with Gasteiger partial charge >= 0.3 is 0 Å². The van der Waals surface area contributed by atoms with Crippen molar-refractivity contribution in [3.8, 4) is 0 Å². The van der Waals surface area contributed by atoms with Crippen LogP contribution in [-0.4, -0.2) is 5.31 Å². The Balaban J connectivity index is 3.14. The summed E-state index contributed by atoms with van der Waals surface area (Å²) in [7, 11) is 0. The molecule has 11 heavy (non-hydrogen) atoms. The van der Waals surface area contributed by atoms with Gasteiger partial charge < -0.3 is 0 Å². The van der Waals surface area contributed by atoms with Gasteiger partial charge in [0, 0.05) is 0 Å². The van der Waals surface area contributed by atoms with Crippen LogP contribution < -0.4 is 5.19 Å². The number of hydrogen-bond donors (Lipinski definition) is 0. The van der Waals surface area contributed by atoms with Gasteiger partial charge in [-0.25, -0.2) is 0 Å². The molecule has 0 fully saturated rings. The summed E-state index contributed by atoms with van der Waals surface area (Å²) in [6, 6.07) is 8.46. The summed E-state index contributed by atoms with van der Waals surface area (Å²) in [6.07, 6.45) is 0. The third-order valence-corrected chi connectivity index (χ3v) is 5.69. The van der Waals surface area contributed by atoms with Crippen LogP contribution >= 0.6 is 30.6 Å². The van der Waals surface area contributed by atoms with Crippen LogP contribution in [0, 0.1) is 6.92 Å². The molecule has 0 saturated carbocycles. The standard InChI is InChI=1S/C8H10Br2Si/c1-7-5-3-4-6-8(7)11(2,9)10/h3-6H,1-2H3. The van der Waals surface area contributed by atoms with Crippen LogP contribution in [0.1, 0.15) is 5.56 Å². The molecule has 0 amide bonds. The SMILES string of the molecule is Cc1ccccc1[Si](C)(Br)Br. The van der Waals surface area contributed by atoms with Gasteiger partial charge in [0.05, 0.1) is 0 Å². The molecule has 0 spiro atoms. The van der Waals surface area contributed by atoms with E-state index in [9.17, 15) is 0 Å². The van der Waals surface area contributed by atoms with Crippen molar-refractivity contribution in [2.24, 2.45) is 0 Å². The molecule has 0 N–H and O–H groups in total. The molecule has 0 atom stereocenters. The van der Waals surface area contributed by atoms with Crippen molar-refractivity contribution in [2.75, 3.05) is 0 Å². The van der Waals surface area contributed by atoms with Crippen LogP contribution in [0.25, 0.3) is 0 Å². The summed E-state index contributed by atoms with van der Waals surface area (Å²) < 4.78 is 0. The maximum absolute atomic E-state index is 3.69. The molecule has 3 heteroatoms. The summed E-state index contributed by atoms with van der Waals surface area (Å²) in [5, 5.41) is -0.0362. The van der Waals surface area contributed by atoms with Crippen LogP contribution in [0.15, 0.2) is 24.3 Å². The van der Waals surface area contributed by atoms with E-state index in [0.717, 1.165) is 0 Å². The quantitative estimate of drug-likeness (QED) is 0.551. The van der Waals surface area contributed by atoms with Gasteiger partial charge in [-0.1, -0.05) is 29.8 Å². The van der Waals surface area contributed by atoms with Gasteiger partial charge in [-0.05, 0) is 18.7 Å². The first-order chi connectivity index (χ1) is 5.02. The Bertz CT molecular complexity index is 253. The third-order valence-electron chi connectivity index (χ3n) is 1.62. The normalized spacial score (nSPS) is 11.6. The molecule has 1 aromatic carbocycles. The Morgan fingerprint density at radius 3 is 2.09 bits per heavy atom. The van der Waals surface area contributed by atoms with Gasteiger partial charge in [0.25, 0.3) is 0 Å². The molecule has 0 nitrogen and oxygen atoms in total. The van der Waals surface area contributed by atoms with Crippen molar-refractivity contribution in [3.63, 3.8) is 0 Å². The van der Waals surface area contributed by atoms with E-state index in [1.807, 2.05) is 0 Å². The highest BCUT2D eigenvalue weighted by Crippen LogP contribution is 2.20. The van der Waals surface area contributed by atoms with Crippen LogP contribution in [0.4, 0.5) is 0 Å². The number of hydrogen-bond acceptors (Lipinski definition) is 0. The van der Waals surface area contributed by atoms with Crippen molar-refractivity contribution < 1.29 is 0 Å². The maximum Gasteiger partial charge on any atom is 0.227 e. The molecule has 0 heterocycles. The van der Waals surface area contributed by atoms with Gasteiger partial charge in [-0.15, -0.1) is 30.6 Å². The van der Waals surface area contributed by atoms with Gasteiger partial charge in [-0.2, -0.15) is 0 Å². The second-order valence-electron chi connectivity index (χ2n) is 2.70. The Morgan fingerprint density at radius 2 is 1.73 bits per heavy atom. The summed E-state index contributed by atoms with van der Waals surface area (Å²) in [6.45, 7) is 4.36. The van der Waals surface area contributed by atoms with E-state index in [2.05, 4.69) is 68.3 Å². The fourth-order valence-corrected chi connectivity index (χ4v) is 4.90. The van der Waals surface area contributed by atoms with Crippen molar-refractivity contribution >= 4 is 41.1 Å². The molecule has 0 unspecified atom stereocenters. The highest BCUT2D eigenvalue weighted by atomic mass is 79.9. The minimum absolute atomic E-state index is 1.36. The molecule has 0 radical (unpaired) electrons. The van der Waals surface area contributed by atoms with E-state index in [0.29, 0.717) is 0 Å². The third kappa shape index (κ3) is 2.42. The van der Waals surface area contributed by atoms with E-state index in [1.54, 1.807) is 0 Å². The molecule has 0 aromatic heterocycles. The minimum atomic E-state index is -1.45. The molecule has 1 rings (SSSR count). The Hall–Kier alpha value is 0.397. The lowest BCUT2D eigenvalue weighted by Crippen LogP contribution is -2.33. The molecule has 1 aromatic rings. The fraction of sp³-hybridized carbons (Fsp3) is 0.250. The smallest absolute Gasteiger partial charge is 0.105 e. The Labute approximate surface area is 84.2 Å². The first-order valence-electron chi connectivity index (χ1n) is 3.46. The lowest BCUT2D eigenvalue weighted by Gasteiger charge is -2.14. The van der Waals surface area contributed by atoms with Crippen LogP contribution in [0.5, 0.6) is 0 Å². The zero-order chi connectivity index (χ0) is 8.48. The average Bonchev–Trinajstić information content (AvgIpc) is 1.86. The lowest BCUT2D eigenvalue weighted by atomic mass is 10.2. The van der Waals surface area contributed by atoms with Gasteiger partial charge in [-0.3, -0.25) is 0 Å². The molecule has 0 aliphatic heterocycles. The zero-order valence-electron chi connectivity index (χ0n) is 6.57. The minimum Gasteiger partial charge on any atom is -0.105 e. The summed E-state index contributed by atoms with van der Waals surface area (Å²) in [4.78, 5) is 0. The number of aryl methyl sites for hydroxylation is 1. The predicted molar refractivity (Wildman–Crippen MR) is 60.3 cm³/mol. The highest BCUT2D eigenvalue weighted by Gasteiger charge is 2.23. The first-order valence-corrected chi connectivity index (χ1v) is 10.5. The molecule has 0 aliphatic carbocycles. The molecular formula is C8H10Br2Si. The molecule has 0 saturated heterocycles. The molecule has 60 valence electrons. The monoisotopic (exact) mass is 292 g/mol. The van der Waals surface area contributed by atoms with Gasteiger partial charge in [0.15, 0.2) is 0 Å². The van der Waals surface area contributed by atoms with Crippen molar-refractivity contribution in [3.05, 3.63) is 29.8 Å². The maximum atomic E-state index is 3.69.